The van der Waals surface area contributed by atoms with Crippen LogP contribution in [0.2, 0.25) is 0 Å². The number of allylic oxidation sites excluding steroid dienone is 1. The predicted octanol–water partition coefficient (Wildman–Crippen LogP) is 2.14. The van der Waals surface area contributed by atoms with Crippen molar-refractivity contribution < 1.29 is 23.7 Å². The minimum absolute atomic E-state index is 0.0516. The second-order valence-corrected chi connectivity index (χ2v) is 5.54. The fourth-order valence-corrected chi connectivity index (χ4v) is 2.63. The summed E-state index contributed by atoms with van der Waals surface area (Å²) in [5, 5.41) is 0. The number of hydrogen-bond acceptors (Lipinski definition) is 5. The lowest BCUT2D eigenvalue weighted by molar-refractivity contribution is -0.152. The molecule has 0 amide bonds. The van der Waals surface area contributed by atoms with E-state index in [0.717, 1.165) is 31.4 Å². The molecule has 1 aliphatic carbocycles. The van der Waals surface area contributed by atoms with E-state index >= 15 is 0 Å². The molecule has 3 rings (SSSR count). The van der Waals surface area contributed by atoms with Crippen LogP contribution in [-0.2, 0) is 23.7 Å². The Labute approximate surface area is 118 Å². The van der Waals surface area contributed by atoms with Gasteiger partial charge in [-0.2, -0.15) is 0 Å². The van der Waals surface area contributed by atoms with E-state index in [2.05, 4.69) is 6.58 Å². The zero-order chi connectivity index (χ0) is 13.9. The molecule has 2 heterocycles. The Hall–Kier alpha value is -1.49. The summed E-state index contributed by atoms with van der Waals surface area (Å²) in [7, 11) is 0. The molecule has 0 spiro atoms. The van der Waals surface area contributed by atoms with Crippen LogP contribution in [0.5, 0.6) is 0 Å². The molecule has 110 valence electrons. The lowest BCUT2D eigenvalue weighted by Gasteiger charge is -2.30. The van der Waals surface area contributed by atoms with E-state index in [9.17, 15) is 4.79 Å². The van der Waals surface area contributed by atoms with Gasteiger partial charge in [0.2, 0.25) is 0 Å². The van der Waals surface area contributed by atoms with Gasteiger partial charge in [0.25, 0.3) is 0 Å². The van der Waals surface area contributed by atoms with Crippen molar-refractivity contribution in [2.45, 2.75) is 31.8 Å². The first-order chi connectivity index (χ1) is 9.74. The normalized spacial score (nSPS) is 30.8. The molecule has 0 N–H and O–H groups in total. The van der Waals surface area contributed by atoms with Crippen molar-refractivity contribution in [1.82, 2.24) is 0 Å². The van der Waals surface area contributed by atoms with Crippen molar-refractivity contribution in [2.75, 3.05) is 19.8 Å². The van der Waals surface area contributed by atoms with Gasteiger partial charge in [-0.15, -0.1) is 0 Å². The minimum atomic E-state index is -0.142. The molecule has 0 radical (unpaired) electrons. The quantitative estimate of drug-likeness (QED) is 0.406. The summed E-state index contributed by atoms with van der Waals surface area (Å²) in [6.07, 6.45) is 5.68. The molecule has 1 saturated carbocycles. The predicted molar refractivity (Wildman–Crippen MR) is 70.4 cm³/mol. The van der Waals surface area contributed by atoms with Gasteiger partial charge in [-0.05, 0) is 12.8 Å². The van der Waals surface area contributed by atoms with E-state index in [-0.39, 0.29) is 23.9 Å². The van der Waals surface area contributed by atoms with Crippen LogP contribution >= 0.6 is 0 Å². The maximum absolute atomic E-state index is 12.2. The zero-order valence-electron chi connectivity index (χ0n) is 11.5. The monoisotopic (exact) mass is 280 g/mol. The lowest BCUT2D eigenvalue weighted by atomic mass is 9.78. The average Bonchev–Trinajstić information content (AvgIpc) is 3.36. The molecule has 0 bridgehead atoms. The summed E-state index contributed by atoms with van der Waals surface area (Å²) < 4.78 is 20.9. The first-order valence-electron chi connectivity index (χ1n) is 7.19. The number of epoxide rings is 1. The maximum atomic E-state index is 12.2. The van der Waals surface area contributed by atoms with E-state index in [4.69, 9.17) is 18.9 Å². The molecule has 5 nitrogen and oxygen atoms in total. The second-order valence-electron chi connectivity index (χ2n) is 5.54. The fraction of sp³-hybridized carbons (Fsp3) is 0.667. The van der Waals surface area contributed by atoms with Crippen molar-refractivity contribution in [3.8, 4) is 0 Å². The molecule has 2 fully saturated rings. The molecule has 0 aromatic rings. The van der Waals surface area contributed by atoms with Crippen LogP contribution in [0.3, 0.4) is 0 Å². The molecule has 1 saturated heterocycles. The van der Waals surface area contributed by atoms with E-state index < -0.39 is 0 Å². The standard InChI is InChI=1S/C15H20O5/c1-10(17-6-11-7-18-11)13-4-2-3-5-14(13)15(16)20-9-12-8-19-12/h7,12-14H,1-6,8-9H2. The van der Waals surface area contributed by atoms with Crippen LogP contribution in [0, 0.1) is 11.8 Å². The van der Waals surface area contributed by atoms with Gasteiger partial charge in [0, 0.05) is 5.92 Å². The van der Waals surface area contributed by atoms with Gasteiger partial charge in [0.05, 0.1) is 18.3 Å². The molecule has 3 atom stereocenters. The highest BCUT2D eigenvalue weighted by atomic mass is 16.6. The number of hydrogen-bond donors (Lipinski definition) is 0. The van der Waals surface area contributed by atoms with E-state index in [0.29, 0.717) is 25.6 Å². The topological polar surface area (TPSA) is 60.6 Å². The Bertz CT molecular complexity index is 424. The van der Waals surface area contributed by atoms with Gasteiger partial charge < -0.3 is 18.9 Å². The summed E-state index contributed by atoms with van der Waals surface area (Å²) in [5.41, 5.74) is 0. The SMILES string of the molecule is C=C(OCC1=CO1)C1CCCCC1C(=O)OCC1CO1. The van der Waals surface area contributed by atoms with E-state index in [1.165, 1.54) is 0 Å². The third-order valence-corrected chi connectivity index (χ3v) is 3.98. The Morgan fingerprint density at radius 3 is 2.65 bits per heavy atom. The number of rotatable bonds is 7. The van der Waals surface area contributed by atoms with Crippen molar-refractivity contribution in [1.29, 1.82) is 0 Å². The molecular weight excluding hydrogens is 260 g/mol. The third kappa shape index (κ3) is 3.54. The maximum Gasteiger partial charge on any atom is 0.309 e. The summed E-state index contributed by atoms with van der Waals surface area (Å²) in [6, 6.07) is 0. The fourth-order valence-electron chi connectivity index (χ4n) is 2.63. The molecule has 20 heavy (non-hydrogen) atoms. The molecular formula is C15H20O5. The number of carbonyl (C=O) groups excluding carboxylic acids is 1. The van der Waals surface area contributed by atoms with Crippen LogP contribution < -0.4 is 0 Å². The number of esters is 1. The molecule has 2 aliphatic heterocycles. The van der Waals surface area contributed by atoms with Gasteiger partial charge in [-0.25, -0.2) is 0 Å². The highest BCUT2D eigenvalue weighted by Crippen LogP contribution is 2.36. The van der Waals surface area contributed by atoms with E-state index in [1.807, 2.05) is 0 Å². The van der Waals surface area contributed by atoms with Crippen molar-refractivity contribution >= 4 is 5.97 Å². The van der Waals surface area contributed by atoms with Crippen LogP contribution in [0.15, 0.2) is 24.4 Å². The molecule has 5 heteroatoms. The third-order valence-electron chi connectivity index (χ3n) is 3.98. The molecule has 3 aliphatic rings. The van der Waals surface area contributed by atoms with Gasteiger partial charge in [-0.3, -0.25) is 4.79 Å². The summed E-state index contributed by atoms with van der Waals surface area (Å²) >= 11 is 0. The Balaban J connectivity index is 1.52. The first kappa shape index (κ1) is 13.5. The van der Waals surface area contributed by atoms with Gasteiger partial charge in [-0.1, -0.05) is 19.4 Å². The van der Waals surface area contributed by atoms with Crippen LogP contribution in [0.4, 0.5) is 0 Å². The van der Waals surface area contributed by atoms with E-state index in [1.54, 1.807) is 6.26 Å². The van der Waals surface area contributed by atoms with Crippen molar-refractivity contribution in [3.63, 3.8) is 0 Å². The van der Waals surface area contributed by atoms with Crippen LogP contribution in [0.25, 0.3) is 0 Å². The minimum Gasteiger partial charge on any atom is -0.490 e. The molecule has 0 aromatic heterocycles. The summed E-state index contributed by atoms with van der Waals surface area (Å²) in [5.74, 6) is 1.27. The van der Waals surface area contributed by atoms with Crippen molar-refractivity contribution in [2.24, 2.45) is 11.8 Å². The average molecular weight is 280 g/mol. The van der Waals surface area contributed by atoms with Gasteiger partial charge in [0.1, 0.15) is 25.6 Å². The smallest absolute Gasteiger partial charge is 0.309 e. The Morgan fingerprint density at radius 2 is 2.00 bits per heavy atom. The van der Waals surface area contributed by atoms with Crippen LogP contribution in [0.1, 0.15) is 25.7 Å². The summed E-state index contributed by atoms with van der Waals surface area (Å²) in [6.45, 7) is 5.46. The largest absolute Gasteiger partial charge is 0.490 e. The second kappa shape index (κ2) is 5.87. The molecule has 0 aromatic carbocycles. The zero-order valence-corrected chi connectivity index (χ0v) is 11.5. The Kier molecular flexibility index (Phi) is 3.96. The number of ether oxygens (including phenoxy) is 4. The Morgan fingerprint density at radius 1 is 1.30 bits per heavy atom. The van der Waals surface area contributed by atoms with Crippen molar-refractivity contribution in [3.05, 3.63) is 24.4 Å². The molecule has 3 unspecified atom stereocenters. The first-order valence-corrected chi connectivity index (χ1v) is 7.19. The summed E-state index contributed by atoms with van der Waals surface area (Å²) in [4.78, 5) is 12.2. The number of carbonyl (C=O) groups is 1. The highest BCUT2D eigenvalue weighted by molar-refractivity contribution is 5.73. The van der Waals surface area contributed by atoms with Gasteiger partial charge in [0.15, 0.2) is 5.76 Å². The lowest BCUT2D eigenvalue weighted by Crippen LogP contribution is -2.31. The highest BCUT2D eigenvalue weighted by Gasteiger charge is 2.36. The van der Waals surface area contributed by atoms with Gasteiger partial charge >= 0.3 is 5.97 Å². The van der Waals surface area contributed by atoms with Crippen LogP contribution in [-0.4, -0.2) is 31.9 Å².